The Morgan fingerprint density at radius 1 is 1.80 bits per heavy atom. The normalized spacial score (nSPS) is 23.6. The molecule has 0 fully saturated rings. The van der Waals surface area contributed by atoms with Gasteiger partial charge in [-0.3, -0.25) is 0 Å². The van der Waals surface area contributed by atoms with Gasteiger partial charge < -0.3 is 0 Å². The summed E-state index contributed by atoms with van der Waals surface area (Å²) in [5, 5.41) is 8.36. The van der Waals surface area contributed by atoms with Crippen LogP contribution in [0.5, 0.6) is 0 Å². The molecule has 52 valence electrons. The summed E-state index contributed by atoms with van der Waals surface area (Å²) in [5.41, 5.74) is 1.12. The summed E-state index contributed by atoms with van der Waals surface area (Å²) in [4.78, 5) is 0.431. The van der Waals surface area contributed by atoms with Crippen molar-refractivity contribution in [3.05, 3.63) is 23.8 Å². The summed E-state index contributed by atoms with van der Waals surface area (Å²) in [6, 6.07) is 2.12. The third-order valence-electron chi connectivity index (χ3n) is 1.37. The summed E-state index contributed by atoms with van der Waals surface area (Å²) in [5.74, 6) is 0. The molecule has 1 rings (SSSR count). The van der Waals surface area contributed by atoms with Gasteiger partial charge in [-0.25, -0.2) is 0 Å². The second-order valence-corrected chi connectivity index (χ2v) is 3.41. The zero-order valence-corrected chi connectivity index (χ0v) is 7.13. The van der Waals surface area contributed by atoms with Crippen molar-refractivity contribution in [2.45, 2.75) is 17.7 Å². The van der Waals surface area contributed by atoms with Gasteiger partial charge in [-0.2, -0.15) is 5.26 Å². The van der Waals surface area contributed by atoms with Crippen molar-refractivity contribution in [2.24, 2.45) is 0 Å². The van der Waals surface area contributed by atoms with Crippen LogP contribution in [0.25, 0.3) is 0 Å². The molecule has 0 saturated heterocycles. The summed E-state index contributed by atoms with van der Waals surface area (Å²) in [6.45, 7) is 0. The Bertz CT molecular complexity index is 210. The van der Waals surface area contributed by atoms with E-state index in [1.807, 2.05) is 6.08 Å². The van der Waals surface area contributed by atoms with Crippen molar-refractivity contribution in [1.82, 2.24) is 0 Å². The lowest BCUT2D eigenvalue weighted by molar-refractivity contribution is 1.04. The van der Waals surface area contributed by atoms with Crippen LogP contribution in [0, 0.1) is 11.3 Å². The minimum Gasteiger partial charge on any atom is -0.198 e. The van der Waals surface area contributed by atoms with Crippen LogP contribution in [0.2, 0.25) is 0 Å². The highest BCUT2D eigenvalue weighted by molar-refractivity contribution is 9.09. The number of rotatable bonds is 1. The van der Waals surface area contributed by atoms with Gasteiger partial charge in [-0.1, -0.05) is 34.2 Å². The van der Waals surface area contributed by atoms with E-state index in [0.717, 1.165) is 12.0 Å². The van der Waals surface area contributed by atoms with Crippen molar-refractivity contribution >= 4 is 15.9 Å². The van der Waals surface area contributed by atoms with Crippen molar-refractivity contribution in [3.63, 3.8) is 0 Å². The summed E-state index contributed by atoms with van der Waals surface area (Å²) in [7, 11) is 0. The Labute approximate surface area is 69.2 Å². The molecule has 0 N–H and O–H groups in total. The van der Waals surface area contributed by atoms with Crippen LogP contribution in [-0.4, -0.2) is 4.83 Å². The summed E-state index contributed by atoms with van der Waals surface area (Å²) in [6.07, 6.45) is 7.75. The van der Waals surface area contributed by atoms with Crippen LogP contribution < -0.4 is 0 Å². The van der Waals surface area contributed by atoms with Gasteiger partial charge in [0.2, 0.25) is 0 Å². The van der Waals surface area contributed by atoms with E-state index >= 15 is 0 Å². The molecule has 0 aromatic carbocycles. The lowest BCUT2D eigenvalue weighted by atomic mass is 10.1. The van der Waals surface area contributed by atoms with Crippen molar-refractivity contribution in [1.29, 1.82) is 5.26 Å². The molecule has 0 radical (unpaired) electrons. The SMILES string of the molecule is N#CCC1=CC(Br)CC=C1. The van der Waals surface area contributed by atoms with Crippen molar-refractivity contribution in [3.8, 4) is 6.07 Å². The first-order chi connectivity index (χ1) is 4.83. The highest BCUT2D eigenvalue weighted by Gasteiger charge is 2.03. The van der Waals surface area contributed by atoms with Gasteiger partial charge in [-0.15, -0.1) is 0 Å². The fraction of sp³-hybridized carbons (Fsp3) is 0.375. The van der Waals surface area contributed by atoms with Crippen LogP contribution in [0.15, 0.2) is 23.8 Å². The van der Waals surface area contributed by atoms with Crippen LogP contribution in [0.4, 0.5) is 0 Å². The number of hydrogen-bond donors (Lipinski definition) is 0. The molecule has 10 heavy (non-hydrogen) atoms. The maximum atomic E-state index is 8.36. The summed E-state index contributed by atoms with van der Waals surface area (Å²) < 4.78 is 0. The molecule has 0 aliphatic heterocycles. The predicted molar refractivity (Wildman–Crippen MR) is 44.8 cm³/mol. The largest absolute Gasteiger partial charge is 0.198 e. The molecule has 0 saturated carbocycles. The van der Waals surface area contributed by atoms with E-state index in [0.29, 0.717) is 11.2 Å². The first kappa shape index (κ1) is 7.56. The van der Waals surface area contributed by atoms with Gasteiger partial charge in [0.15, 0.2) is 0 Å². The Morgan fingerprint density at radius 3 is 3.20 bits per heavy atom. The molecular weight excluding hydrogens is 190 g/mol. The second-order valence-electron chi connectivity index (χ2n) is 2.23. The lowest BCUT2D eigenvalue weighted by Gasteiger charge is -2.07. The molecule has 0 aromatic rings. The zero-order valence-electron chi connectivity index (χ0n) is 5.55. The maximum Gasteiger partial charge on any atom is 0.0669 e. The van der Waals surface area contributed by atoms with Crippen molar-refractivity contribution < 1.29 is 0 Å². The van der Waals surface area contributed by atoms with Gasteiger partial charge in [0.1, 0.15) is 0 Å². The standard InChI is InChI=1S/C8H8BrN/c9-8-3-1-2-7(6-8)4-5-10/h1-2,6,8H,3-4H2. The van der Waals surface area contributed by atoms with Gasteiger partial charge in [0.25, 0.3) is 0 Å². The fourth-order valence-electron chi connectivity index (χ4n) is 0.914. The monoisotopic (exact) mass is 197 g/mol. The molecule has 0 spiro atoms. The van der Waals surface area contributed by atoms with Gasteiger partial charge in [0.05, 0.1) is 12.5 Å². The van der Waals surface area contributed by atoms with E-state index in [2.05, 4.69) is 34.2 Å². The quantitative estimate of drug-likeness (QED) is 0.594. The molecule has 0 aromatic heterocycles. The number of nitrogens with zero attached hydrogens (tertiary/aromatic N) is 1. The zero-order chi connectivity index (χ0) is 7.40. The number of allylic oxidation sites excluding steroid dienone is 4. The molecular formula is C8H8BrN. The molecule has 0 bridgehead atoms. The van der Waals surface area contributed by atoms with Gasteiger partial charge >= 0.3 is 0 Å². The second kappa shape index (κ2) is 3.58. The number of alkyl halides is 1. The minimum absolute atomic E-state index is 0.431. The molecule has 0 heterocycles. The van der Waals surface area contributed by atoms with E-state index in [1.165, 1.54) is 0 Å². The van der Waals surface area contributed by atoms with E-state index in [-0.39, 0.29) is 0 Å². The molecule has 1 aliphatic rings. The first-order valence-corrected chi connectivity index (χ1v) is 4.13. The molecule has 1 nitrogen and oxygen atoms in total. The van der Waals surface area contributed by atoms with Gasteiger partial charge in [0, 0.05) is 4.83 Å². The third-order valence-corrected chi connectivity index (χ3v) is 2.01. The van der Waals surface area contributed by atoms with Crippen molar-refractivity contribution in [2.75, 3.05) is 0 Å². The Kier molecular flexibility index (Phi) is 2.70. The molecule has 0 amide bonds. The lowest BCUT2D eigenvalue weighted by Crippen LogP contribution is -1.96. The minimum atomic E-state index is 0.431. The topological polar surface area (TPSA) is 23.8 Å². The molecule has 1 aliphatic carbocycles. The highest BCUT2D eigenvalue weighted by atomic mass is 79.9. The number of nitriles is 1. The van der Waals surface area contributed by atoms with Crippen LogP contribution in [-0.2, 0) is 0 Å². The van der Waals surface area contributed by atoms with E-state index in [1.54, 1.807) is 0 Å². The first-order valence-electron chi connectivity index (χ1n) is 3.21. The molecule has 1 atom stereocenters. The Morgan fingerprint density at radius 2 is 2.60 bits per heavy atom. The fourth-order valence-corrected chi connectivity index (χ4v) is 1.47. The average molecular weight is 198 g/mol. The Balaban J connectivity index is 2.59. The van der Waals surface area contributed by atoms with Crippen LogP contribution in [0.1, 0.15) is 12.8 Å². The van der Waals surface area contributed by atoms with Gasteiger partial charge in [-0.05, 0) is 12.0 Å². The van der Waals surface area contributed by atoms with Crippen LogP contribution in [0.3, 0.4) is 0 Å². The maximum absolute atomic E-state index is 8.36. The van der Waals surface area contributed by atoms with E-state index in [4.69, 9.17) is 5.26 Å². The average Bonchev–Trinajstić information content (AvgIpc) is 1.88. The summed E-state index contributed by atoms with van der Waals surface area (Å²) >= 11 is 3.46. The van der Waals surface area contributed by atoms with E-state index in [9.17, 15) is 0 Å². The van der Waals surface area contributed by atoms with Crippen LogP contribution >= 0.6 is 15.9 Å². The third kappa shape index (κ3) is 2.00. The molecule has 2 heteroatoms. The highest BCUT2D eigenvalue weighted by Crippen LogP contribution is 2.18. The number of halogens is 1. The number of hydrogen-bond acceptors (Lipinski definition) is 1. The van der Waals surface area contributed by atoms with E-state index < -0.39 is 0 Å². The smallest absolute Gasteiger partial charge is 0.0669 e. The predicted octanol–water partition coefficient (Wildman–Crippen LogP) is 2.55. The molecule has 1 unspecified atom stereocenters. The Hall–Kier alpha value is -0.550.